The molecular formula is C18H19N3O6S. The van der Waals surface area contributed by atoms with E-state index in [0.29, 0.717) is 23.0 Å². The van der Waals surface area contributed by atoms with Crippen LogP contribution in [0.1, 0.15) is 16.1 Å². The van der Waals surface area contributed by atoms with E-state index in [1.54, 1.807) is 12.1 Å². The molecule has 0 aliphatic carbocycles. The Balaban J connectivity index is 1.94. The minimum atomic E-state index is -0.526. The number of hydrazine groups is 1. The van der Waals surface area contributed by atoms with Crippen molar-refractivity contribution < 1.29 is 28.2 Å². The highest BCUT2D eigenvalue weighted by Gasteiger charge is 2.17. The van der Waals surface area contributed by atoms with Crippen molar-refractivity contribution in [1.29, 1.82) is 0 Å². The van der Waals surface area contributed by atoms with Crippen LogP contribution in [0.15, 0.2) is 41.0 Å². The van der Waals surface area contributed by atoms with Gasteiger partial charge < -0.3 is 18.6 Å². The van der Waals surface area contributed by atoms with Crippen molar-refractivity contribution in [2.75, 3.05) is 21.3 Å². The number of ether oxygens (including phenoxy) is 3. The summed E-state index contributed by atoms with van der Waals surface area (Å²) < 4.78 is 20.7. The number of hydrogen-bond donors (Lipinski definition) is 3. The van der Waals surface area contributed by atoms with Crippen LogP contribution in [0.2, 0.25) is 0 Å². The number of amides is 2. The zero-order chi connectivity index (χ0) is 20.5. The van der Waals surface area contributed by atoms with Crippen molar-refractivity contribution in [3.8, 4) is 17.2 Å². The average Bonchev–Trinajstić information content (AvgIpc) is 3.22. The van der Waals surface area contributed by atoms with Crippen LogP contribution in [0.5, 0.6) is 17.2 Å². The van der Waals surface area contributed by atoms with Crippen molar-refractivity contribution in [2.45, 2.75) is 0 Å². The summed E-state index contributed by atoms with van der Waals surface area (Å²) in [5.74, 6) is 0.514. The van der Waals surface area contributed by atoms with Crippen LogP contribution < -0.4 is 30.4 Å². The SMILES string of the molecule is COc1cc(C(=O)NNC(=S)NC(=O)/C=C/c2ccco2)cc(OC)c1OC. The molecule has 0 aliphatic heterocycles. The van der Waals surface area contributed by atoms with Crippen LogP contribution in [0.4, 0.5) is 0 Å². The molecule has 148 valence electrons. The van der Waals surface area contributed by atoms with Gasteiger partial charge in [0, 0.05) is 11.6 Å². The largest absolute Gasteiger partial charge is 0.493 e. The molecule has 9 nitrogen and oxygen atoms in total. The molecule has 0 spiro atoms. The summed E-state index contributed by atoms with van der Waals surface area (Å²) in [6.07, 6.45) is 4.21. The number of hydrogen-bond acceptors (Lipinski definition) is 7. The minimum absolute atomic E-state index is 0.0881. The molecule has 0 aliphatic rings. The molecule has 0 saturated heterocycles. The Hall–Kier alpha value is -3.53. The molecule has 2 rings (SSSR count). The molecule has 0 fully saturated rings. The maximum Gasteiger partial charge on any atom is 0.269 e. The topological polar surface area (TPSA) is 111 Å². The number of furan rings is 1. The lowest BCUT2D eigenvalue weighted by Gasteiger charge is -2.14. The molecule has 0 saturated carbocycles. The second-order valence-electron chi connectivity index (χ2n) is 5.16. The van der Waals surface area contributed by atoms with E-state index in [-0.39, 0.29) is 10.7 Å². The number of rotatable bonds is 6. The number of methoxy groups -OCH3 is 3. The third kappa shape index (κ3) is 5.48. The Morgan fingerprint density at radius 1 is 1.07 bits per heavy atom. The van der Waals surface area contributed by atoms with Crippen molar-refractivity contribution in [2.24, 2.45) is 0 Å². The van der Waals surface area contributed by atoms with Gasteiger partial charge in [-0.2, -0.15) is 0 Å². The molecule has 3 N–H and O–H groups in total. The molecule has 10 heteroatoms. The van der Waals surface area contributed by atoms with Gasteiger partial charge in [0.2, 0.25) is 11.7 Å². The molecule has 1 aromatic carbocycles. The van der Waals surface area contributed by atoms with Crippen molar-refractivity contribution in [3.05, 3.63) is 47.9 Å². The van der Waals surface area contributed by atoms with Gasteiger partial charge >= 0.3 is 0 Å². The molecule has 0 radical (unpaired) electrons. The smallest absolute Gasteiger partial charge is 0.269 e. The van der Waals surface area contributed by atoms with Gasteiger partial charge in [-0.3, -0.25) is 25.8 Å². The molecule has 1 heterocycles. The molecule has 0 bridgehead atoms. The van der Waals surface area contributed by atoms with Crippen molar-refractivity contribution in [1.82, 2.24) is 16.2 Å². The summed E-state index contributed by atoms with van der Waals surface area (Å²) in [5.41, 5.74) is 5.04. The third-order valence-electron chi connectivity index (χ3n) is 3.40. The first-order chi connectivity index (χ1) is 13.5. The van der Waals surface area contributed by atoms with Crippen LogP contribution in [0.3, 0.4) is 0 Å². The fourth-order valence-electron chi connectivity index (χ4n) is 2.13. The van der Waals surface area contributed by atoms with E-state index in [9.17, 15) is 9.59 Å². The molecule has 0 atom stereocenters. The second-order valence-corrected chi connectivity index (χ2v) is 5.57. The van der Waals surface area contributed by atoms with Gasteiger partial charge in [-0.25, -0.2) is 0 Å². The van der Waals surface area contributed by atoms with E-state index in [2.05, 4.69) is 16.2 Å². The summed E-state index contributed by atoms with van der Waals surface area (Å²) in [6, 6.07) is 6.35. The van der Waals surface area contributed by atoms with E-state index in [0.717, 1.165) is 0 Å². The number of benzene rings is 1. The van der Waals surface area contributed by atoms with E-state index in [1.165, 1.54) is 51.9 Å². The Morgan fingerprint density at radius 3 is 2.29 bits per heavy atom. The number of carbonyl (C=O) groups is 2. The summed E-state index contributed by atoms with van der Waals surface area (Å²) in [7, 11) is 4.35. The lowest BCUT2D eigenvalue weighted by molar-refractivity contribution is -0.115. The van der Waals surface area contributed by atoms with Gasteiger partial charge in [0.15, 0.2) is 16.6 Å². The Labute approximate surface area is 166 Å². The Kier molecular flexibility index (Phi) is 7.40. The lowest BCUT2D eigenvalue weighted by atomic mass is 10.1. The van der Waals surface area contributed by atoms with E-state index >= 15 is 0 Å². The van der Waals surface area contributed by atoms with Gasteiger partial charge in [-0.1, -0.05) is 0 Å². The highest BCUT2D eigenvalue weighted by molar-refractivity contribution is 7.80. The second kappa shape index (κ2) is 9.97. The quantitative estimate of drug-likeness (QED) is 0.378. The normalized spacial score (nSPS) is 10.2. The first-order valence-electron chi connectivity index (χ1n) is 7.91. The van der Waals surface area contributed by atoms with Crippen LogP contribution in [-0.4, -0.2) is 38.3 Å². The van der Waals surface area contributed by atoms with Crippen molar-refractivity contribution in [3.63, 3.8) is 0 Å². The molecule has 1 aromatic heterocycles. The molecule has 2 amide bonds. The van der Waals surface area contributed by atoms with Gasteiger partial charge in [0.1, 0.15) is 5.76 Å². The van der Waals surface area contributed by atoms with E-state index in [4.69, 9.17) is 30.8 Å². The fourth-order valence-corrected chi connectivity index (χ4v) is 2.28. The predicted molar refractivity (Wildman–Crippen MR) is 105 cm³/mol. The Bertz CT molecular complexity index is 854. The van der Waals surface area contributed by atoms with Gasteiger partial charge in [0.05, 0.1) is 27.6 Å². The van der Waals surface area contributed by atoms with Gasteiger partial charge in [0.25, 0.3) is 5.91 Å². The minimum Gasteiger partial charge on any atom is -0.493 e. The standard InChI is InChI=1S/C18H19N3O6S/c1-24-13-9-11(10-14(25-2)16(13)26-3)17(23)20-21-18(28)19-15(22)7-6-12-5-4-8-27-12/h4-10H,1-3H3,(H,20,23)(H2,19,21,22,28)/b7-6+. The van der Waals surface area contributed by atoms with Crippen LogP contribution in [-0.2, 0) is 4.79 Å². The van der Waals surface area contributed by atoms with Crippen LogP contribution in [0, 0.1) is 0 Å². The van der Waals surface area contributed by atoms with E-state index in [1.807, 2.05) is 0 Å². The zero-order valence-corrected chi connectivity index (χ0v) is 16.2. The number of thiocarbonyl (C=S) groups is 1. The van der Waals surface area contributed by atoms with E-state index < -0.39 is 11.8 Å². The highest BCUT2D eigenvalue weighted by Crippen LogP contribution is 2.38. The van der Waals surface area contributed by atoms with Crippen LogP contribution >= 0.6 is 12.2 Å². The molecular weight excluding hydrogens is 386 g/mol. The number of nitrogens with one attached hydrogen (secondary N) is 3. The first kappa shape index (κ1) is 20.8. The molecule has 2 aromatic rings. The van der Waals surface area contributed by atoms with Gasteiger partial charge in [-0.05, 0) is 42.6 Å². The number of carbonyl (C=O) groups excluding carboxylic acids is 2. The average molecular weight is 405 g/mol. The summed E-state index contributed by atoms with van der Waals surface area (Å²) in [6.45, 7) is 0. The summed E-state index contributed by atoms with van der Waals surface area (Å²) >= 11 is 4.97. The summed E-state index contributed by atoms with van der Waals surface area (Å²) in [4.78, 5) is 24.1. The van der Waals surface area contributed by atoms with Crippen LogP contribution in [0.25, 0.3) is 6.08 Å². The predicted octanol–water partition coefficient (Wildman–Crippen LogP) is 1.65. The fraction of sp³-hybridized carbons (Fsp3) is 0.167. The molecule has 0 unspecified atom stereocenters. The first-order valence-corrected chi connectivity index (χ1v) is 8.32. The lowest BCUT2D eigenvalue weighted by Crippen LogP contribution is -2.48. The van der Waals surface area contributed by atoms with Crippen molar-refractivity contribution >= 4 is 35.2 Å². The summed E-state index contributed by atoms with van der Waals surface area (Å²) in [5, 5.41) is 2.29. The third-order valence-corrected chi connectivity index (χ3v) is 3.60. The van der Waals surface area contributed by atoms with Gasteiger partial charge in [-0.15, -0.1) is 0 Å². The Morgan fingerprint density at radius 2 is 1.75 bits per heavy atom. The zero-order valence-electron chi connectivity index (χ0n) is 15.4. The maximum absolute atomic E-state index is 12.3. The molecule has 28 heavy (non-hydrogen) atoms. The monoisotopic (exact) mass is 405 g/mol. The highest BCUT2D eigenvalue weighted by atomic mass is 32.1. The maximum atomic E-state index is 12.3.